The Morgan fingerprint density at radius 2 is 2.05 bits per heavy atom. The van der Waals surface area contributed by atoms with Crippen LogP contribution < -0.4 is 5.32 Å². The third-order valence-electron chi connectivity index (χ3n) is 2.82. The molecule has 0 saturated carbocycles. The number of hydrogen-bond donors (Lipinski definition) is 1. The maximum Gasteiger partial charge on any atom is 0.254 e. The summed E-state index contributed by atoms with van der Waals surface area (Å²) in [5.41, 5.74) is 2.82. The molecule has 0 aliphatic carbocycles. The number of anilines is 2. The van der Waals surface area contributed by atoms with Gasteiger partial charge >= 0.3 is 0 Å². The maximum absolute atomic E-state index is 6.12. The van der Waals surface area contributed by atoms with Crippen molar-refractivity contribution < 1.29 is 0 Å². The van der Waals surface area contributed by atoms with Gasteiger partial charge in [0.2, 0.25) is 0 Å². The van der Waals surface area contributed by atoms with Crippen LogP contribution in [0.15, 0.2) is 30.6 Å². The molecule has 3 aromatic rings. The summed E-state index contributed by atoms with van der Waals surface area (Å²) in [5.74, 6) is 1.38. The van der Waals surface area contributed by atoms with Crippen molar-refractivity contribution in [3.63, 3.8) is 0 Å². The first-order chi connectivity index (χ1) is 9.13. The molecule has 0 amide bonds. The van der Waals surface area contributed by atoms with Gasteiger partial charge in [-0.3, -0.25) is 0 Å². The number of aromatic nitrogens is 4. The van der Waals surface area contributed by atoms with Crippen LogP contribution in [0, 0.1) is 13.8 Å². The van der Waals surface area contributed by atoms with Crippen molar-refractivity contribution in [1.29, 1.82) is 0 Å². The predicted molar refractivity (Wildman–Crippen MR) is 75.0 cm³/mol. The lowest BCUT2D eigenvalue weighted by atomic mass is 10.2. The molecule has 0 aliphatic heterocycles. The first-order valence-electron chi connectivity index (χ1n) is 5.84. The molecule has 2 heterocycles. The second-order valence-electron chi connectivity index (χ2n) is 4.34. The van der Waals surface area contributed by atoms with Crippen molar-refractivity contribution in [1.82, 2.24) is 19.6 Å². The molecule has 19 heavy (non-hydrogen) atoms. The molecule has 1 aromatic carbocycles. The largest absolute Gasteiger partial charge is 0.340 e. The molecule has 0 fully saturated rings. The smallest absolute Gasteiger partial charge is 0.254 e. The van der Waals surface area contributed by atoms with Crippen molar-refractivity contribution in [2.75, 3.05) is 5.32 Å². The van der Waals surface area contributed by atoms with Gasteiger partial charge in [0, 0.05) is 22.5 Å². The molecule has 5 nitrogen and oxygen atoms in total. The summed E-state index contributed by atoms with van der Waals surface area (Å²) in [6.07, 6.45) is 1.48. The second kappa shape index (κ2) is 4.51. The standard InChI is InChI=1S/C13H12ClN5/c1-8-3-4-10(6-11(8)14)18-12-5-9(2)17-13-15-7-16-19(12)13/h3-7,18H,1-2H3. The van der Waals surface area contributed by atoms with Gasteiger partial charge in [0.05, 0.1) is 0 Å². The van der Waals surface area contributed by atoms with Gasteiger partial charge in [0.1, 0.15) is 12.1 Å². The molecule has 0 radical (unpaired) electrons. The summed E-state index contributed by atoms with van der Waals surface area (Å²) in [6, 6.07) is 7.74. The van der Waals surface area contributed by atoms with E-state index in [1.165, 1.54) is 6.33 Å². The van der Waals surface area contributed by atoms with Crippen LogP contribution in [0.5, 0.6) is 0 Å². The molecule has 0 atom stereocenters. The minimum atomic E-state index is 0.570. The molecule has 0 bridgehead atoms. The Balaban J connectivity index is 2.04. The summed E-state index contributed by atoms with van der Waals surface area (Å²) in [4.78, 5) is 8.38. The number of hydrogen-bond acceptors (Lipinski definition) is 4. The summed E-state index contributed by atoms with van der Waals surface area (Å²) in [6.45, 7) is 3.89. The lowest BCUT2D eigenvalue weighted by molar-refractivity contribution is 0.937. The molecule has 96 valence electrons. The number of aryl methyl sites for hydroxylation is 2. The van der Waals surface area contributed by atoms with E-state index in [9.17, 15) is 0 Å². The number of benzene rings is 1. The summed E-state index contributed by atoms with van der Waals surface area (Å²) in [5, 5.41) is 8.15. The van der Waals surface area contributed by atoms with Crippen LogP contribution >= 0.6 is 11.6 Å². The topological polar surface area (TPSA) is 55.1 Å². The van der Waals surface area contributed by atoms with E-state index < -0.39 is 0 Å². The molecule has 1 N–H and O–H groups in total. The Bertz CT molecular complexity index is 750. The Morgan fingerprint density at radius 3 is 2.84 bits per heavy atom. The molecule has 0 spiro atoms. The molecule has 2 aromatic heterocycles. The molecule has 0 aliphatic rings. The van der Waals surface area contributed by atoms with Gasteiger partial charge < -0.3 is 5.32 Å². The van der Waals surface area contributed by atoms with Gasteiger partial charge in [-0.2, -0.15) is 14.6 Å². The SMILES string of the molecule is Cc1cc(Nc2ccc(C)c(Cl)c2)n2ncnc2n1. The number of halogens is 1. The van der Waals surface area contributed by atoms with E-state index in [1.54, 1.807) is 4.52 Å². The minimum Gasteiger partial charge on any atom is -0.340 e. The summed E-state index contributed by atoms with van der Waals surface area (Å²) < 4.78 is 1.65. The van der Waals surface area contributed by atoms with Crippen LogP contribution in [-0.4, -0.2) is 19.6 Å². The van der Waals surface area contributed by atoms with E-state index in [2.05, 4.69) is 20.4 Å². The van der Waals surface area contributed by atoms with E-state index >= 15 is 0 Å². The third kappa shape index (κ3) is 2.24. The summed E-state index contributed by atoms with van der Waals surface area (Å²) >= 11 is 6.12. The Morgan fingerprint density at radius 1 is 1.21 bits per heavy atom. The predicted octanol–water partition coefficient (Wildman–Crippen LogP) is 3.14. The van der Waals surface area contributed by atoms with Crippen molar-refractivity contribution >= 4 is 28.9 Å². The van der Waals surface area contributed by atoms with Crippen LogP contribution in [-0.2, 0) is 0 Å². The fraction of sp³-hybridized carbons (Fsp3) is 0.154. The highest BCUT2D eigenvalue weighted by molar-refractivity contribution is 6.31. The van der Waals surface area contributed by atoms with Gasteiger partial charge in [-0.25, -0.2) is 4.98 Å². The van der Waals surface area contributed by atoms with Crippen LogP contribution in [0.2, 0.25) is 5.02 Å². The number of rotatable bonds is 2. The van der Waals surface area contributed by atoms with E-state index in [0.717, 1.165) is 27.8 Å². The van der Waals surface area contributed by atoms with Gasteiger partial charge in [-0.1, -0.05) is 17.7 Å². The third-order valence-corrected chi connectivity index (χ3v) is 3.23. The van der Waals surface area contributed by atoms with Crippen LogP contribution in [0.3, 0.4) is 0 Å². The van der Waals surface area contributed by atoms with E-state index in [-0.39, 0.29) is 0 Å². The van der Waals surface area contributed by atoms with Crippen LogP contribution in [0.4, 0.5) is 11.5 Å². The monoisotopic (exact) mass is 273 g/mol. The van der Waals surface area contributed by atoms with Crippen molar-refractivity contribution in [2.45, 2.75) is 13.8 Å². The molecular weight excluding hydrogens is 262 g/mol. The summed E-state index contributed by atoms with van der Waals surface area (Å²) in [7, 11) is 0. The lowest BCUT2D eigenvalue weighted by Gasteiger charge is -2.09. The zero-order chi connectivity index (χ0) is 13.4. The van der Waals surface area contributed by atoms with E-state index in [0.29, 0.717) is 5.78 Å². The average Bonchev–Trinajstić information content (AvgIpc) is 2.82. The molecule has 0 saturated heterocycles. The highest BCUT2D eigenvalue weighted by atomic mass is 35.5. The van der Waals surface area contributed by atoms with Gasteiger partial charge in [0.25, 0.3) is 5.78 Å². The van der Waals surface area contributed by atoms with Gasteiger partial charge in [0.15, 0.2) is 0 Å². The Kier molecular flexibility index (Phi) is 2.83. The molecule has 6 heteroatoms. The van der Waals surface area contributed by atoms with Crippen molar-refractivity contribution in [3.05, 3.63) is 46.9 Å². The second-order valence-corrected chi connectivity index (χ2v) is 4.75. The molecule has 0 unspecified atom stereocenters. The highest BCUT2D eigenvalue weighted by Crippen LogP contribution is 2.23. The molecule has 3 rings (SSSR count). The zero-order valence-corrected chi connectivity index (χ0v) is 11.3. The zero-order valence-electron chi connectivity index (χ0n) is 10.6. The normalized spacial score (nSPS) is 10.9. The Labute approximate surface area is 115 Å². The quantitative estimate of drug-likeness (QED) is 0.779. The average molecular weight is 274 g/mol. The van der Waals surface area contributed by atoms with Crippen LogP contribution in [0.25, 0.3) is 5.78 Å². The van der Waals surface area contributed by atoms with Gasteiger partial charge in [-0.15, -0.1) is 0 Å². The fourth-order valence-corrected chi connectivity index (χ4v) is 2.02. The van der Waals surface area contributed by atoms with E-state index in [4.69, 9.17) is 11.6 Å². The number of fused-ring (bicyclic) bond motifs is 1. The fourth-order valence-electron chi connectivity index (χ4n) is 1.84. The Hall–Kier alpha value is -2.14. The minimum absolute atomic E-state index is 0.570. The first kappa shape index (κ1) is 11.9. The van der Waals surface area contributed by atoms with E-state index in [1.807, 2.05) is 38.1 Å². The number of nitrogens with zero attached hydrogens (tertiary/aromatic N) is 4. The number of nitrogens with one attached hydrogen (secondary N) is 1. The van der Waals surface area contributed by atoms with Gasteiger partial charge in [-0.05, 0) is 31.5 Å². The van der Waals surface area contributed by atoms with Crippen molar-refractivity contribution in [2.24, 2.45) is 0 Å². The maximum atomic E-state index is 6.12. The molecular formula is C13H12ClN5. The lowest BCUT2D eigenvalue weighted by Crippen LogP contribution is -2.02. The highest BCUT2D eigenvalue weighted by Gasteiger charge is 2.06. The van der Waals surface area contributed by atoms with Crippen molar-refractivity contribution in [3.8, 4) is 0 Å². The van der Waals surface area contributed by atoms with Crippen LogP contribution in [0.1, 0.15) is 11.3 Å². The first-order valence-corrected chi connectivity index (χ1v) is 6.22.